The Labute approximate surface area is 226 Å². The highest BCUT2D eigenvalue weighted by Gasteiger charge is 2.31. The quantitative estimate of drug-likeness (QED) is 0.390. The van der Waals surface area contributed by atoms with Crippen LogP contribution in [0.1, 0.15) is 47.3 Å². The molecule has 3 aromatic rings. The molecule has 0 unspecified atom stereocenters. The maximum Gasteiger partial charge on any atom is 0.339 e. The van der Waals surface area contributed by atoms with Gasteiger partial charge in [-0.1, -0.05) is 49.5 Å². The van der Waals surface area contributed by atoms with Gasteiger partial charge in [-0.3, -0.25) is 9.69 Å². The largest absolute Gasteiger partial charge is 0.478 e. The molecule has 2 aromatic carbocycles. The number of piperazine rings is 1. The van der Waals surface area contributed by atoms with Gasteiger partial charge in [-0.15, -0.1) is 0 Å². The van der Waals surface area contributed by atoms with Crippen LogP contribution in [0, 0.1) is 18.7 Å². The second-order valence-electron chi connectivity index (χ2n) is 10.6. The molecule has 1 aromatic heterocycles. The summed E-state index contributed by atoms with van der Waals surface area (Å²) >= 11 is 1.60. The molecule has 6 nitrogen and oxygen atoms in total. The predicted octanol–water partition coefficient (Wildman–Crippen LogP) is 5.74. The van der Waals surface area contributed by atoms with Crippen LogP contribution in [-0.4, -0.2) is 52.4 Å². The van der Waals surface area contributed by atoms with E-state index in [1.54, 1.807) is 23.5 Å². The van der Waals surface area contributed by atoms with Gasteiger partial charge in [0.05, 0.1) is 4.88 Å². The first-order valence-electron chi connectivity index (χ1n) is 13.0. The topological polar surface area (TPSA) is 73.7 Å². The van der Waals surface area contributed by atoms with Crippen LogP contribution < -0.4 is 4.90 Å². The van der Waals surface area contributed by atoms with E-state index in [0.717, 1.165) is 58.3 Å². The van der Waals surface area contributed by atoms with Gasteiger partial charge in [-0.2, -0.15) is 0 Å². The number of Topliss-reactive ketones (excluding diaryl/α,β-unsaturated/α-hetero) is 1. The number of aliphatic carboxylic acids is 1. The number of fused-ring (bicyclic) bond motifs is 1. The second kappa shape index (κ2) is 10.8. The van der Waals surface area contributed by atoms with Crippen molar-refractivity contribution in [2.24, 2.45) is 5.92 Å². The van der Waals surface area contributed by atoms with E-state index in [2.05, 4.69) is 29.7 Å². The van der Waals surface area contributed by atoms with E-state index < -0.39 is 11.8 Å². The molecule has 198 valence electrons. The molecule has 1 fully saturated rings. The van der Waals surface area contributed by atoms with Gasteiger partial charge in [-0.25, -0.2) is 14.2 Å². The van der Waals surface area contributed by atoms with Crippen molar-refractivity contribution >= 4 is 28.2 Å². The summed E-state index contributed by atoms with van der Waals surface area (Å²) in [5, 5.41) is 10.4. The molecule has 38 heavy (non-hydrogen) atoms. The standard InChI is InChI=1S/C30H32FN3O3S/c1-18(2)11-23-17-33(9-10-34(23)30-32-15-27(38-30)21-5-4-6-22(31)14-21)16-20-12-19(3)24-7-8-25(29(36)37)28(35)26(24)13-20/h4-6,8,12-15,18,23H,7,9-11,16-17H2,1-3H3,(H,36,37)/t23-/m1/s1. The molecule has 5 rings (SSSR count). The molecular weight excluding hydrogens is 501 g/mol. The first-order chi connectivity index (χ1) is 18.2. The fourth-order valence-corrected chi connectivity index (χ4v) is 6.58. The summed E-state index contributed by atoms with van der Waals surface area (Å²) in [6, 6.07) is 10.9. The Morgan fingerprint density at radius 1 is 1.24 bits per heavy atom. The zero-order valence-corrected chi connectivity index (χ0v) is 22.7. The number of carbonyl (C=O) groups is 2. The minimum Gasteiger partial charge on any atom is -0.478 e. The molecule has 2 aliphatic rings. The Morgan fingerprint density at radius 2 is 2.05 bits per heavy atom. The molecule has 0 amide bonds. The minimum atomic E-state index is -1.17. The van der Waals surface area contributed by atoms with Gasteiger partial charge in [0.15, 0.2) is 10.9 Å². The van der Waals surface area contributed by atoms with Gasteiger partial charge in [0.1, 0.15) is 11.4 Å². The lowest BCUT2D eigenvalue weighted by Crippen LogP contribution is -2.53. The molecule has 0 spiro atoms. The Bertz CT molecular complexity index is 1410. The summed E-state index contributed by atoms with van der Waals surface area (Å²) in [5.41, 5.74) is 4.19. The molecular formula is C30H32FN3O3S. The van der Waals surface area contributed by atoms with Crippen LogP contribution >= 0.6 is 11.3 Å². The average Bonchev–Trinajstić information content (AvgIpc) is 3.34. The van der Waals surface area contributed by atoms with Crippen LogP contribution in [0.2, 0.25) is 0 Å². The van der Waals surface area contributed by atoms with Gasteiger partial charge >= 0.3 is 5.97 Å². The molecule has 0 radical (unpaired) electrons. The predicted molar refractivity (Wildman–Crippen MR) is 148 cm³/mol. The van der Waals surface area contributed by atoms with Gasteiger partial charge in [-0.05, 0) is 66.1 Å². The van der Waals surface area contributed by atoms with Crippen LogP contribution in [0.4, 0.5) is 9.52 Å². The lowest BCUT2D eigenvalue weighted by molar-refractivity contribution is -0.132. The van der Waals surface area contributed by atoms with Crippen LogP contribution in [0.3, 0.4) is 0 Å². The van der Waals surface area contributed by atoms with Crippen LogP contribution in [0.5, 0.6) is 0 Å². The van der Waals surface area contributed by atoms with Crippen molar-refractivity contribution in [1.82, 2.24) is 9.88 Å². The third-order valence-electron chi connectivity index (χ3n) is 7.33. The number of allylic oxidation sites excluding steroid dienone is 1. The van der Waals surface area contributed by atoms with E-state index in [4.69, 9.17) is 4.98 Å². The summed E-state index contributed by atoms with van der Waals surface area (Å²) in [5.74, 6) is -1.31. The maximum absolute atomic E-state index is 13.8. The monoisotopic (exact) mass is 533 g/mol. The highest BCUT2D eigenvalue weighted by atomic mass is 32.1. The van der Waals surface area contributed by atoms with E-state index in [-0.39, 0.29) is 17.4 Å². The first-order valence-corrected chi connectivity index (χ1v) is 13.8. The third-order valence-corrected chi connectivity index (χ3v) is 8.41. The highest BCUT2D eigenvalue weighted by molar-refractivity contribution is 7.18. The fourth-order valence-electron chi connectivity index (χ4n) is 5.58. The summed E-state index contributed by atoms with van der Waals surface area (Å²) in [7, 11) is 0. The normalized spacial score (nSPS) is 18.0. The number of carboxylic acid groups (broad SMARTS) is 1. The summed E-state index contributed by atoms with van der Waals surface area (Å²) < 4.78 is 13.8. The van der Waals surface area contributed by atoms with Gasteiger partial charge in [0.2, 0.25) is 0 Å². The summed E-state index contributed by atoms with van der Waals surface area (Å²) in [6.45, 7) is 9.66. The van der Waals surface area contributed by atoms with Crippen molar-refractivity contribution in [3.63, 3.8) is 0 Å². The number of ketones is 1. The molecule has 1 saturated heterocycles. The SMILES string of the molecule is Cc1cc(CN2CCN(c3ncc(-c4cccc(F)c4)s3)[C@H](CC(C)C)C2)cc2c1CC=C(C(=O)O)C2=O. The zero-order valence-electron chi connectivity index (χ0n) is 21.9. The number of carbonyl (C=O) groups excluding carboxylic acids is 1. The Morgan fingerprint density at radius 3 is 2.79 bits per heavy atom. The average molecular weight is 534 g/mol. The number of halogens is 1. The zero-order chi connectivity index (χ0) is 27.0. The summed E-state index contributed by atoms with van der Waals surface area (Å²) in [6.07, 6.45) is 4.84. The number of thiazole rings is 1. The number of benzene rings is 2. The lowest BCUT2D eigenvalue weighted by Gasteiger charge is -2.42. The molecule has 0 saturated carbocycles. The van der Waals surface area contributed by atoms with Crippen LogP contribution in [0.15, 0.2) is 54.2 Å². The molecule has 8 heteroatoms. The van der Waals surface area contributed by atoms with Crippen molar-refractivity contribution in [3.8, 4) is 10.4 Å². The van der Waals surface area contributed by atoms with Crippen molar-refractivity contribution in [3.05, 3.63) is 82.3 Å². The number of rotatable bonds is 7. The number of hydrogen-bond acceptors (Lipinski definition) is 6. The highest BCUT2D eigenvalue weighted by Crippen LogP contribution is 2.35. The number of nitrogens with zero attached hydrogens (tertiary/aromatic N) is 3. The number of carboxylic acids is 1. The molecule has 2 heterocycles. The Hall–Kier alpha value is -3.36. The minimum absolute atomic E-state index is 0.138. The third kappa shape index (κ3) is 5.42. The first kappa shape index (κ1) is 26.3. The molecule has 1 aliphatic heterocycles. The fraction of sp³-hybridized carbons (Fsp3) is 0.367. The summed E-state index contributed by atoms with van der Waals surface area (Å²) in [4.78, 5) is 34.8. The van der Waals surface area contributed by atoms with Crippen molar-refractivity contribution in [2.45, 2.75) is 46.2 Å². The molecule has 1 aliphatic carbocycles. The van der Waals surface area contributed by atoms with Crippen molar-refractivity contribution in [1.29, 1.82) is 0 Å². The molecule has 1 N–H and O–H groups in total. The molecule has 0 bridgehead atoms. The van der Waals surface area contributed by atoms with Crippen molar-refractivity contribution in [2.75, 3.05) is 24.5 Å². The van der Waals surface area contributed by atoms with E-state index in [1.165, 1.54) is 12.1 Å². The van der Waals surface area contributed by atoms with E-state index >= 15 is 0 Å². The van der Waals surface area contributed by atoms with Crippen LogP contribution in [-0.2, 0) is 17.8 Å². The van der Waals surface area contributed by atoms with Crippen LogP contribution in [0.25, 0.3) is 10.4 Å². The van der Waals surface area contributed by atoms with Gasteiger partial charge < -0.3 is 10.0 Å². The van der Waals surface area contributed by atoms with E-state index in [9.17, 15) is 19.1 Å². The lowest BCUT2D eigenvalue weighted by atomic mass is 9.86. The van der Waals surface area contributed by atoms with E-state index in [0.29, 0.717) is 24.4 Å². The molecule has 1 atom stereocenters. The Balaban J connectivity index is 1.34. The van der Waals surface area contributed by atoms with E-state index in [1.807, 2.05) is 25.3 Å². The smallest absolute Gasteiger partial charge is 0.339 e. The second-order valence-corrected chi connectivity index (χ2v) is 11.6. The number of aromatic nitrogens is 1. The maximum atomic E-state index is 13.8. The Kier molecular flexibility index (Phi) is 7.45. The number of hydrogen-bond donors (Lipinski definition) is 1. The van der Waals surface area contributed by atoms with Crippen molar-refractivity contribution < 1.29 is 19.1 Å². The van der Waals surface area contributed by atoms with Gasteiger partial charge in [0, 0.05) is 44.0 Å². The number of aryl methyl sites for hydroxylation is 1. The van der Waals surface area contributed by atoms with Gasteiger partial charge in [0.25, 0.3) is 0 Å². The number of anilines is 1.